The Bertz CT molecular complexity index is 533. The molecule has 0 aromatic heterocycles. The molecule has 2 rings (SSSR count). The molecular formula is C14H18BrN3O2. The van der Waals surface area contributed by atoms with Gasteiger partial charge in [-0.25, -0.2) is 0 Å². The number of hydrogen-bond acceptors (Lipinski definition) is 3. The van der Waals surface area contributed by atoms with E-state index in [2.05, 4.69) is 21.2 Å². The highest BCUT2D eigenvalue weighted by atomic mass is 79.9. The second kappa shape index (κ2) is 6.26. The van der Waals surface area contributed by atoms with Crippen LogP contribution in [0.25, 0.3) is 0 Å². The molecule has 6 heteroatoms. The summed E-state index contributed by atoms with van der Waals surface area (Å²) in [5, 5.41) is 2.87. The number of piperidine rings is 1. The summed E-state index contributed by atoms with van der Waals surface area (Å²) in [5.41, 5.74) is 6.93. The van der Waals surface area contributed by atoms with Gasteiger partial charge in [-0.1, -0.05) is 0 Å². The van der Waals surface area contributed by atoms with E-state index in [1.54, 1.807) is 23.1 Å². The highest BCUT2D eigenvalue weighted by Crippen LogP contribution is 2.22. The van der Waals surface area contributed by atoms with E-state index in [1.165, 1.54) is 6.92 Å². The molecule has 0 spiro atoms. The Morgan fingerprint density at radius 3 is 2.85 bits per heavy atom. The molecule has 1 aliphatic rings. The third-order valence-corrected chi connectivity index (χ3v) is 4.08. The number of benzene rings is 1. The number of nitrogens with zero attached hydrogens (tertiary/aromatic N) is 1. The first-order chi connectivity index (χ1) is 9.47. The average Bonchev–Trinajstić information content (AvgIpc) is 2.40. The van der Waals surface area contributed by atoms with Crippen molar-refractivity contribution in [1.82, 2.24) is 10.2 Å². The van der Waals surface area contributed by atoms with Gasteiger partial charge in [0, 0.05) is 41.8 Å². The molecule has 0 saturated carbocycles. The summed E-state index contributed by atoms with van der Waals surface area (Å²) in [7, 11) is 0. The largest absolute Gasteiger partial charge is 0.398 e. The van der Waals surface area contributed by atoms with E-state index in [4.69, 9.17) is 5.73 Å². The maximum absolute atomic E-state index is 12.4. The summed E-state index contributed by atoms with van der Waals surface area (Å²) in [6.45, 7) is 2.76. The molecule has 20 heavy (non-hydrogen) atoms. The lowest BCUT2D eigenvalue weighted by Crippen LogP contribution is -2.49. The monoisotopic (exact) mass is 339 g/mol. The number of carbonyl (C=O) groups excluding carboxylic acids is 2. The minimum absolute atomic E-state index is 0.0398. The number of likely N-dealkylation sites (tertiary alicyclic amines) is 1. The van der Waals surface area contributed by atoms with Gasteiger partial charge in [-0.3, -0.25) is 9.59 Å². The van der Waals surface area contributed by atoms with Crippen LogP contribution in [0.5, 0.6) is 0 Å². The summed E-state index contributed by atoms with van der Waals surface area (Å²) in [4.78, 5) is 25.3. The number of amides is 2. The molecule has 108 valence electrons. The van der Waals surface area contributed by atoms with E-state index in [0.29, 0.717) is 24.3 Å². The molecule has 0 bridgehead atoms. The summed E-state index contributed by atoms with van der Waals surface area (Å²) in [6, 6.07) is 5.25. The van der Waals surface area contributed by atoms with Crippen molar-refractivity contribution >= 4 is 33.4 Å². The maximum Gasteiger partial charge on any atom is 0.254 e. The highest BCUT2D eigenvalue weighted by molar-refractivity contribution is 9.10. The van der Waals surface area contributed by atoms with Crippen LogP contribution >= 0.6 is 15.9 Å². The maximum atomic E-state index is 12.4. The van der Waals surface area contributed by atoms with Crippen molar-refractivity contribution in [3.8, 4) is 0 Å². The molecule has 0 radical (unpaired) electrons. The number of nitrogens with one attached hydrogen (secondary N) is 1. The Hall–Kier alpha value is -1.56. The number of anilines is 1. The van der Waals surface area contributed by atoms with Gasteiger partial charge in [0.15, 0.2) is 0 Å². The van der Waals surface area contributed by atoms with Gasteiger partial charge in [-0.15, -0.1) is 0 Å². The van der Waals surface area contributed by atoms with Crippen molar-refractivity contribution in [2.75, 3.05) is 18.8 Å². The molecule has 1 unspecified atom stereocenters. The number of nitrogen functional groups attached to an aromatic ring is 1. The van der Waals surface area contributed by atoms with Crippen LogP contribution in [0.4, 0.5) is 5.69 Å². The first kappa shape index (κ1) is 14.8. The van der Waals surface area contributed by atoms with Crippen molar-refractivity contribution < 1.29 is 9.59 Å². The molecule has 3 N–H and O–H groups in total. The van der Waals surface area contributed by atoms with Crippen molar-refractivity contribution in [3.63, 3.8) is 0 Å². The van der Waals surface area contributed by atoms with E-state index >= 15 is 0 Å². The zero-order chi connectivity index (χ0) is 14.7. The molecule has 2 amide bonds. The molecular weight excluding hydrogens is 322 g/mol. The summed E-state index contributed by atoms with van der Waals surface area (Å²) < 4.78 is 0.781. The number of carbonyl (C=O) groups is 2. The Balaban J connectivity index is 2.08. The summed E-state index contributed by atoms with van der Waals surface area (Å²) >= 11 is 3.31. The van der Waals surface area contributed by atoms with E-state index in [9.17, 15) is 9.59 Å². The molecule has 1 saturated heterocycles. The average molecular weight is 340 g/mol. The van der Waals surface area contributed by atoms with E-state index in [-0.39, 0.29) is 17.9 Å². The van der Waals surface area contributed by atoms with E-state index in [0.717, 1.165) is 17.3 Å². The van der Waals surface area contributed by atoms with Crippen LogP contribution in [0, 0.1) is 0 Å². The van der Waals surface area contributed by atoms with Crippen molar-refractivity contribution in [1.29, 1.82) is 0 Å². The zero-order valence-electron chi connectivity index (χ0n) is 11.4. The van der Waals surface area contributed by atoms with Crippen molar-refractivity contribution in [3.05, 3.63) is 28.2 Å². The Kier molecular flexibility index (Phi) is 4.65. The Labute approximate surface area is 126 Å². The molecule has 1 fully saturated rings. The first-order valence-corrected chi connectivity index (χ1v) is 7.38. The molecule has 5 nitrogen and oxygen atoms in total. The van der Waals surface area contributed by atoms with Crippen LogP contribution < -0.4 is 11.1 Å². The van der Waals surface area contributed by atoms with Gasteiger partial charge < -0.3 is 16.0 Å². The minimum atomic E-state index is -0.0582. The normalized spacial score (nSPS) is 18.7. The predicted octanol–water partition coefficient (Wildman–Crippen LogP) is 1.77. The summed E-state index contributed by atoms with van der Waals surface area (Å²) in [6.07, 6.45) is 1.80. The molecule has 1 atom stereocenters. The van der Waals surface area contributed by atoms with Crippen LogP contribution in [0.2, 0.25) is 0 Å². The smallest absolute Gasteiger partial charge is 0.254 e. The fourth-order valence-electron chi connectivity index (χ4n) is 2.43. The van der Waals surface area contributed by atoms with Crippen molar-refractivity contribution in [2.24, 2.45) is 0 Å². The van der Waals surface area contributed by atoms with Crippen LogP contribution in [0.1, 0.15) is 30.1 Å². The minimum Gasteiger partial charge on any atom is -0.398 e. The van der Waals surface area contributed by atoms with E-state index in [1.807, 2.05) is 0 Å². The lowest BCUT2D eigenvalue weighted by atomic mass is 10.0. The second-order valence-corrected chi connectivity index (χ2v) is 5.88. The van der Waals surface area contributed by atoms with Crippen molar-refractivity contribution in [2.45, 2.75) is 25.8 Å². The number of hydrogen-bond donors (Lipinski definition) is 2. The zero-order valence-corrected chi connectivity index (χ0v) is 12.9. The van der Waals surface area contributed by atoms with Gasteiger partial charge in [0.2, 0.25) is 5.91 Å². The van der Waals surface area contributed by atoms with Crippen LogP contribution in [-0.4, -0.2) is 35.8 Å². The lowest BCUT2D eigenvalue weighted by molar-refractivity contribution is -0.120. The quantitative estimate of drug-likeness (QED) is 0.806. The van der Waals surface area contributed by atoms with Crippen LogP contribution in [-0.2, 0) is 4.79 Å². The van der Waals surface area contributed by atoms with Crippen LogP contribution in [0.3, 0.4) is 0 Å². The molecule has 1 heterocycles. The third kappa shape index (κ3) is 3.50. The molecule has 1 aromatic carbocycles. The van der Waals surface area contributed by atoms with Gasteiger partial charge in [0.25, 0.3) is 5.91 Å². The lowest BCUT2D eigenvalue weighted by Gasteiger charge is -2.33. The summed E-state index contributed by atoms with van der Waals surface area (Å²) in [5.74, 6) is -0.101. The van der Waals surface area contributed by atoms with Crippen LogP contribution in [0.15, 0.2) is 22.7 Å². The number of halogens is 1. The Morgan fingerprint density at radius 1 is 1.45 bits per heavy atom. The fourth-order valence-corrected chi connectivity index (χ4v) is 2.67. The predicted molar refractivity (Wildman–Crippen MR) is 81.3 cm³/mol. The standard InChI is InChI=1S/C14H18BrN3O2/c1-9(19)17-11-3-2-6-18(8-11)14(20)10-4-5-12(15)13(16)7-10/h4-5,7,11H,2-3,6,8,16H2,1H3,(H,17,19). The Morgan fingerprint density at radius 2 is 2.20 bits per heavy atom. The molecule has 0 aliphatic carbocycles. The van der Waals surface area contributed by atoms with E-state index < -0.39 is 0 Å². The number of nitrogens with two attached hydrogens (primary N) is 1. The van der Waals surface area contributed by atoms with Gasteiger partial charge in [-0.2, -0.15) is 0 Å². The number of rotatable bonds is 2. The topological polar surface area (TPSA) is 75.4 Å². The fraction of sp³-hybridized carbons (Fsp3) is 0.429. The highest BCUT2D eigenvalue weighted by Gasteiger charge is 2.25. The molecule has 1 aliphatic heterocycles. The SMILES string of the molecule is CC(=O)NC1CCCN(C(=O)c2ccc(Br)c(N)c2)C1. The van der Waals surface area contributed by atoms with Gasteiger partial charge in [0.1, 0.15) is 0 Å². The van der Waals surface area contributed by atoms with Gasteiger partial charge in [0.05, 0.1) is 0 Å². The first-order valence-electron chi connectivity index (χ1n) is 6.59. The third-order valence-electron chi connectivity index (χ3n) is 3.36. The second-order valence-electron chi connectivity index (χ2n) is 5.03. The van der Waals surface area contributed by atoms with Gasteiger partial charge >= 0.3 is 0 Å². The van der Waals surface area contributed by atoms with Gasteiger partial charge in [-0.05, 0) is 47.0 Å². The molecule has 1 aromatic rings.